The van der Waals surface area contributed by atoms with E-state index < -0.39 is 11.7 Å². The molecule has 0 radical (unpaired) electrons. The van der Waals surface area contributed by atoms with E-state index in [-0.39, 0.29) is 49.4 Å². The number of nitrogens with zero attached hydrogens (tertiary/aromatic N) is 1. The number of benzene rings is 1. The van der Waals surface area contributed by atoms with Crippen LogP contribution in [0.5, 0.6) is 0 Å². The monoisotopic (exact) mass is 382 g/mol. The van der Waals surface area contributed by atoms with E-state index in [1.165, 1.54) is 34.4 Å². The lowest BCUT2D eigenvalue weighted by molar-refractivity contribution is -0.139. The van der Waals surface area contributed by atoms with E-state index in [1.54, 1.807) is 0 Å². The van der Waals surface area contributed by atoms with E-state index >= 15 is 0 Å². The number of hydrogen-bond acceptors (Lipinski definition) is 3. The fraction of sp³-hybridized carbons (Fsp3) is 0.333. The predicted octanol–water partition coefficient (Wildman–Crippen LogP) is 3.23. The molecule has 1 saturated heterocycles. The topological polar surface area (TPSA) is 49.4 Å². The van der Waals surface area contributed by atoms with Gasteiger partial charge < -0.3 is 10.2 Å². The molecule has 2 amide bonds. The van der Waals surface area contributed by atoms with Gasteiger partial charge in [-0.3, -0.25) is 9.59 Å². The second-order valence-electron chi connectivity index (χ2n) is 6.15. The van der Waals surface area contributed by atoms with Crippen molar-refractivity contribution < 1.29 is 22.8 Å². The minimum absolute atomic E-state index is 0.0545. The molecule has 0 unspecified atom stereocenters. The summed E-state index contributed by atoms with van der Waals surface area (Å²) in [7, 11) is 0. The zero-order valence-electron chi connectivity index (χ0n) is 13.8. The molecule has 1 N–H and O–H groups in total. The van der Waals surface area contributed by atoms with Crippen LogP contribution in [-0.4, -0.2) is 29.3 Å². The molecule has 8 heteroatoms. The number of likely N-dealkylation sites (tertiary alicyclic amines) is 1. The first-order valence-electron chi connectivity index (χ1n) is 8.07. The second kappa shape index (κ2) is 7.49. The summed E-state index contributed by atoms with van der Waals surface area (Å²) >= 11 is 1.47. The molecule has 26 heavy (non-hydrogen) atoms. The molecule has 3 rings (SSSR count). The van der Waals surface area contributed by atoms with Crippen molar-refractivity contribution in [2.75, 3.05) is 6.54 Å². The number of carbonyl (C=O) groups is 2. The summed E-state index contributed by atoms with van der Waals surface area (Å²) in [5.41, 5.74) is -0.683. The fourth-order valence-corrected chi connectivity index (χ4v) is 3.72. The zero-order chi connectivity index (χ0) is 18.7. The first-order chi connectivity index (χ1) is 12.3. The van der Waals surface area contributed by atoms with Crippen LogP contribution in [0.3, 0.4) is 0 Å². The highest BCUT2D eigenvalue weighted by Crippen LogP contribution is 2.32. The molecule has 4 nitrogen and oxygen atoms in total. The summed E-state index contributed by atoms with van der Waals surface area (Å²) in [6.07, 6.45) is -4.13. The van der Waals surface area contributed by atoms with Crippen molar-refractivity contribution in [3.05, 3.63) is 57.8 Å². The Hall–Kier alpha value is -2.35. The van der Waals surface area contributed by atoms with Crippen molar-refractivity contribution in [3.8, 4) is 0 Å². The van der Waals surface area contributed by atoms with Gasteiger partial charge in [-0.15, -0.1) is 11.3 Å². The third-order valence-corrected chi connectivity index (χ3v) is 5.05. The van der Waals surface area contributed by atoms with Crippen molar-refractivity contribution in [1.82, 2.24) is 10.2 Å². The fourth-order valence-electron chi connectivity index (χ4n) is 3.01. The maximum absolute atomic E-state index is 13.1. The maximum Gasteiger partial charge on any atom is 0.416 e. The van der Waals surface area contributed by atoms with Gasteiger partial charge in [-0.05, 0) is 23.1 Å². The molecule has 1 aliphatic rings. The Morgan fingerprint density at radius 2 is 2.00 bits per heavy atom. The van der Waals surface area contributed by atoms with E-state index in [1.807, 2.05) is 17.5 Å². The normalized spacial score (nSPS) is 17.6. The third-order valence-electron chi connectivity index (χ3n) is 4.18. The van der Waals surface area contributed by atoms with Crippen LogP contribution in [0.1, 0.15) is 22.4 Å². The number of amides is 2. The first kappa shape index (κ1) is 18.4. The smallest absolute Gasteiger partial charge is 0.351 e. The van der Waals surface area contributed by atoms with Gasteiger partial charge >= 0.3 is 6.18 Å². The number of thiophene rings is 1. The Morgan fingerprint density at radius 1 is 1.23 bits per heavy atom. The Labute approximate surface area is 152 Å². The molecule has 0 saturated carbocycles. The lowest BCUT2D eigenvalue weighted by atomic mass is 10.1. The van der Waals surface area contributed by atoms with Crippen molar-refractivity contribution in [3.63, 3.8) is 0 Å². The molecule has 1 aromatic heterocycles. The third kappa shape index (κ3) is 4.43. The van der Waals surface area contributed by atoms with E-state index in [2.05, 4.69) is 5.32 Å². The van der Waals surface area contributed by atoms with Gasteiger partial charge in [0.05, 0.1) is 18.0 Å². The Bertz CT molecular complexity index is 790. The molecule has 1 fully saturated rings. The minimum atomic E-state index is -4.46. The summed E-state index contributed by atoms with van der Waals surface area (Å²) in [5, 5.41) is 4.67. The van der Waals surface area contributed by atoms with Gasteiger partial charge in [0.25, 0.3) is 0 Å². The van der Waals surface area contributed by atoms with E-state index in [9.17, 15) is 22.8 Å². The van der Waals surface area contributed by atoms with Crippen LogP contribution in [0.25, 0.3) is 0 Å². The number of carbonyl (C=O) groups excluding carboxylic acids is 2. The summed E-state index contributed by atoms with van der Waals surface area (Å²) < 4.78 is 39.3. The summed E-state index contributed by atoms with van der Waals surface area (Å²) in [6, 6.07) is 8.55. The lowest BCUT2D eigenvalue weighted by Crippen LogP contribution is -2.37. The van der Waals surface area contributed by atoms with Crippen LogP contribution in [-0.2, 0) is 28.7 Å². The summed E-state index contributed by atoms with van der Waals surface area (Å²) in [5.74, 6) is -0.453. The van der Waals surface area contributed by atoms with Gasteiger partial charge in [-0.1, -0.05) is 24.3 Å². The maximum atomic E-state index is 13.1. The summed E-state index contributed by atoms with van der Waals surface area (Å²) in [4.78, 5) is 26.5. The van der Waals surface area contributed by atoms with Crippen LogP contribution in [0, 0.1) is 0 Å². The molecule has 0 spiro atoms. The van der Waals surface area contributed by atoms with Gasteiger partial charge in [-0.2, -0.15) is 13.2 Å². The standard InChI is InChI=1S/C18H17F3N2O2S/c19-18(20,21)15-6-2-1-4-12(15)10-23-11-13(8-17(23)25)22-16(24)9-14-5-3-7-26-14/h1-7,13H,8-11H2,(H,22,24)/t13-/m1/s1. The molecule has 2 aromatic rings. The van der Waals surface area contributed by atoms with Gasteiger partial charge in [0.2, 0.25) is 11.8 Å². The predicted molar refractivity (Wildman–Crippen MR) is 91.4 cm³/mol. The van der Waals surface area contributed by atoms with Crippen LogP contribution < -0.4 is 5.32 Å². The number of hydrogen-bond donors (Lipinski definition) is 1. The highest BCUT2D eigenvalue weighted by Gasteiger charge is 2.35. The Morgan fingerprint density at radius 3 is 2.69 bits per heavy atom. The van der Waals surface area contributed by atoms with Gasteiger partial charge in [0, 0.05) is 24.4 Å². The number of alkyl halides is 3. The van der Waals surface area contributed by atoms with Crippen LogP contribution in [0.2, 0.25) is 0 Å². The summed E-state index contributed by atoms with van der Waals surface area (Å²) in [6.45, 7) is 0.0903. The van der Waals surface area contributed by atoms with Crippen molar-refractivity contribution in [2.24, 2.45) is 0 Å². The largest absolute Gasteiger partial charge is 0.416 e. The van der Waals surface area contributed by atoms with Gasteiger partial charge in [0.15, 0.2) is 0 Å². The second-order valence-corrected chi connectivity index (χ2v) is 7.19. The Kier molecular flexibility index (Phi) is 5.31. The van der Waals surface area contributed by atoms with Crippen molar-refractivity contribution in [2.45, 2.75) is 31.6 Å². The number of nitrogens with one attached hydrogen (secondary N) is 1. The molecule has 2 heterocycles. The van der Waals surface area contributed by atoms with E-state index in [0.717, 1.165) is 10.9 Å². The van der Waals surface area contributed by atoms with Gasteiger partial charge in [-0.25, -0.2) is 0 Å². The molecule has 1 aliphatic heterocycles. The van der Waals surface area contributed by atoms with Crippen LogP contribution >= 0.6 is 11.3 Å². The van der Waals surface area contributed by atoms with Gasteiger partial charge in [0.1, 0.15) is 0 Å². The van der Waals surface area contributed by atoms with Crippen LogP contribution in [0.4, 0.5) is 13.2 Å². The number of rotatable bonds is 5. The lowest BCUT2D eigenvalue weighted by Gasteiger charge is -2.20. The molecule has 1 aromatic carbocycles. The molecule has 0 aliphatic carbocycles. The molecule has 138 valence electrons. The van der Waals surface area contributed by atoms with Crippen molar-refractivity contribution >= 4 is 23.2 Å². The minimum Gasteiger partial charge on any atom is -0.351 e. The molecular weight excluding hydrogens is 365 g/mol. The SMILES string of the molecule is O=C(Cc1cccs1)N[C@@H]1CC(=O)N(Cc2ccccc2C(F)(F)F)C1. The molecule has 1 atom stereocenters. The highest BCUT2D eigenvalue weighted by molar-refractivity contribution is 7.10. The average Bonchev–Trinajstić information content (AvgIpc) is 3.17. The average molecular weight is 382 g/mol. The zero-order valence-corrected chi connectivity index (χ0v) is 14.6. The van der Waals surface area contributed by atoms with Crippen molar-refractivity contribution in [1.29, 1.82) is 0 Å². The highest BCUT2D eigenvalue weighted by atomic mass is 32.1. The first-order valence-corrected chi connectivity index (χ1v) is 8.95. The Balaban J connectivity index is 1.61. The van der Waals surface area contributed by atoms with Crippen LogP contribution in [0.15, 0.2) is 41.8 Å². The molecular formula is C18H17F3N2O2S. The quantitative estimate of drug-likeness (QED) is 0.863. The van der Waals surface area contributed by atoms with E-state index in [4.69, 9.17) is 0 Å². The van der Waals surface area contributed by atoms with E-state index in [0.29, 0.717) is 0 Å². The number of halogens is 3. The molecule has 0 bridgehead atoms.